The largest absolute Gasteiger partial charge is 0.463 e. The van der Waals surface area contributed by atoms with Crippen molar-refractivity contribution in [1.82, 2.24) is 4.90 Å². The van der Waals surface area contributed by atoms with E-state index in [0.717, 1.165) is 4.90 Å². The van der Waals surface area contributed by atoms with E-state index in [1.165, 1.54) is 0 Å². The zero-order valence-electron chi connectivity index (χ0n) is 10.7. The number of hydrogen-bond acceptors (Lipinski definition) is 7. The zero-order valence-corrected chi connectivity index (χ0v) is 10.7. The summed E-state index contributed by atoms with van der Waals surface area (Å²) in [6, 6.07) is 0.505. The third kappa shape index (κ3) is 2.34. The van der Waals surface area contributed by atoms with Crippen LogP contribution in [0, 0.1) is 11.3 Å². The zero-order chi connectivity index (χ0) is 14.6. The summed E-state index contributed by atoms with van der Waals surface area (Å²) in [6.45, 7) is 2.51. The Morgan fingerprint density at radius 1 is 1.42 bits per heavy atom. The highest BCUT2D eigenvalue weighted by Crippen LogP contribution is 2.44. The highest BCUT2D eigenvalue weighted by atomic mass is 16.6. The Hall–Kier alpha value is -1.85. The molecule has 0 aliphatic carbocycles. The van der Waals surface area contributed by atoms with Crippen molar-refractivity contribution < 1.29 is 29.3 Å². The first-order chi connectivity index (χ1) is 9.00. The lowest BCUT2D eigenvalue weighted by Crippen LogP contribution is -2.35. The number of aliphatic hydroxyl groups excluding tert-OH is 2. The molecule has 0 spiro atoms. The first-order valence-electron chi connectivity index (χ1n) is 5.84. The number of amides is 1. The maximum Gasteiger partial charge on any atom is 0.412 e. The van der Waals surface area contributed by atoms with E-state index in [0.29, 0.717) is 0 Å². The van der Waals surface area contributed by atoms with Gasteiger partial charge in [0.1, 0.15) is 18.2 Å². The van der Waals surface area contributed by atoms with Gasteiger partial charge in [-0.05, 0) is 13.8 Å². The Morgan fingerprint density at radius 2 is 2.00 bits per heavy atom. The number of aliphatic hydroxyl groups is 2. The van der Waals surface area contributed by atoms with E-state index in [-0.39, 0.29) is 13.2 Å². The molecule has 0 saturated carbocycles. The molecule has 19 heavy (non-hydrogen) atoms. The third-order valence-corrected chi connectivity index (χ3v) is 2.79. The maximum absolute atomic E-state index is 11.8. The van der Waals surface area contributed by atoms with Crippen LogP contribution in [-0.2, 0) is 14.3 Å². The lowest BCUT2D eigenvalue weighted by atomic mass is 10.0. The number of carbonyl (C=O) groups is 2. The minimum absolute atomic E-state index is 0.0286. The summed E-state index contributed by atoms with van der Waals surface area (Å²) >= 11 is 0. The fourth-order valence-corrected chi connectivity index (χ4v) is 1.94. The lowest BCUT2D eigenvalue weighted by molar-refractivity contribution is -0.145. The summed E-state index contributed by atoms with van der Waals surface area (Å²) in [7, 11) is 0. The molecule has 3 atom stereocenters. The molecule has 2 N–H and O–H groups in total. The van der Waals surface area contributed by atoms with Gasteiger partial charge in [0.05, 0.1) is 19.8 Å². The molecule has 0 bridgehead atoms. The van der Waals surface area contributed by atoms with Crippen LogP contribution in [0.15, 0.2) is 0 Å². The number of rotatable bonds is 5. The van der Waals surface area contributed by atoms with Crippen LogP contribution in [0.2, 0.25) is 0 Å². The van der Waals surface area contributed by atoms with Crippen molar-refractivity contribution in [1.29, 1.82) is 5.26 Å². The van der Waals surface area contributed by atoms with Gasteiger partial charge in [-0.2, -0.15) is 5.26 Å². The van der Waals surface area contributed by atoms with Gasteiger partial charge in [-0.3, -0.25) is 4.90 Å². The van der Waals surface area contributed by atoms with Crippen LogP contribution in [0.1, 0.15) is 13.8 Å². The van der Waals surface area contributed by atoms with Gasteiger partial charge < -0.3 is 19.7 Å². The van der Waals surface area contributed by atoms with Crippen LogP contribution < -0.4 is 0 Å². The van der Waals surface area contributed by atoms with E-state index in [1.807, 2.05) is 0 Å². The Kier molecular flexibility index (Phi) is 4.69. The fourth-order valence-electron chi connectivity index (χ4n) is 1.94. The molecule has 106 valence electrons. The number of nitriles is 1. The van der Waals surface area contributed by atoms with Gasteiger partial charge in [-0.15, -0.1) is 0 Å². The summed E-state index contributed by atoms with van der Waals surface area (Å²) in [4.78, 5) is 24.3. The molecule has 0 unspecified atom stereocenters. The van der Waals surface area contributed by atoms with Crippen molar-refractivity contribution in [2.24, 2.45) is 0 Å². The molecule has 1 rings (SSSR count). The van der Waals surface area contributed by atoms with Gasteiger partial charge in [0.2, 0.25) is 0 Å². The molecule has 0 aromatic heterocycles. The molecule has 1 fully saturated rings. The van der Waals surface area contributed by atoms with E-state index >= 15 is 0 Å². The Bertz CT molecular complexity index is 406. The average molecular weight is 272 g/mol. The molecule has 1 amide bonds. The summed E-state index contributed by atoms with van der Waals surface area (Å²) in [5, 5.41) is 27.7. The van der Waals surface area contributed by atoms with E-state index < -0.39 is 36.4 Å². The lowest BCUT2D eigenvalue weighted by Gasteiger charge is -2.08. The highest BCUT2D eigenvalue weighted by molar-refractivity contribution is 5.96. The van der Waals surface area contributed by atoms with Crippen molar-refractivity contribution in [3.05, 3.63) is 0 Å². The standard InChI is InChI=1S/C11H16N2O6/c1-3-18-9(16)11(6-12)8(7(15)5-14)13(11)10(17)19-4-2/h7-8,14-15H,3-5H2,1-2H3/t7-,8+,11-,13?/m0/s1. The first-order valence-corrected chi connectivity index (χ1v) is 5.84. The summed E-state index contributed by atoms with van der Waals surface area (Å²) in [6.07, 6.45) is -2.33. The second kappa shape index (κ2) is 5.86. The van der Waals surface area contributed by atoms with Crippen LogP contribution in [0.5, 0.6) is 0 Å². The van der Waals surface area contributed by atoms with E-state index in [9.17, 15) is 14.7 Å². The molecule has 0 aromatic carbocycles. The van der Waals surface area contributed by atoms with Crippen LogP contribution >= 0.6 is 0 Å². The van der Waals surface area contributed by atoms with Crippen molar-refractivity contribution in [3.8, 4) is 6.07 Å². The van der Waals surface area contributed by atoms with E-state index in [4.69, 9.17) is 19.8 Å². The molecular formula is C11H16N2O6. The maximum atomic E-state index is 11.8. The molecular weight excluding hydrogens is 256 g/mol. The quantitative estimate of drug-likeness (QED) is 0.486. The van der Waals surface area contributed by atoms with Crippen LogP contribution in [0.25, 0.3) is 0 Å². The highest BCUT2D eigenvalue weighted by Gasteiger charge is 2.75. The molecule has 8 heteroatoms. The van der Waals surface area contributed by atoms with Crippen molar-refractivity contribution in [3.63, 3.8) is 0 Å². The Morgan fingerprint density at radius 3 is 2.42 bits per heavy atom. The van der Waals surface area contributed by atoms with Gasteiger partial charge in [0, 0.05) is 0 Å². The average Bonchev–Trinajstić information content (AvgIpc) is 3.09. The second-order valence-corrected chi connectivity index (χ2v) is 3.86. The van der Waals surface area contributed by atoms with Gasteiger partial charge in [-0.25, -0.2) is 9.59 Å². The monoisotopic (exact) mass is 272 g/mol. The molecule has 0 aromatic rings. The molecule has 0 radical (unpaired) electrons. The second-order valence-electron chi connectivity index (χ2n) is 3.86. The molecule has 1 saturated heterocycles. The fraction of sp³-hybridized carbons (Fsp3) is 0.727. The van der Waals surface area contributed by atoms with Gasteiger partial charge >= 0.3 is 12.1 Å². The number of carbonyl (C=O) groups excluding carboxylic acids is 2. The molecule has 1 heterocycles. The first kappa shape index (κ1) is 15.2. The summed E-state index contributed by atoms with van der Waals surface area (Å²) < 4.78 is 9.45. The van der Waals surface area contributed by atoms with Crippen molar-refractivity contribution in [2.75, 3.05) is 19.8 Å². The van der Waals surface area contributed by atoms with Crippen molar-refractivity contribution >= 4 is 12.1 Å². The number of hydrogen-bond donors (Lipinski definition) is 2. The summed E-state index contributed by atoms with van der Waals surface area (Å²) in [5.41, 5.74) is -1.93. The van der Waals surface area contributed by atoms with E-state index in [1.54, 1.807) is 19.9 Å². The number of ether oxygens (including phenoxy) is 2. The topological polar surface area (TPSA) is 120 Å². The molecule has 8 nitrogen and oxygen atoms in total. The predicted molar refractivity (Wildman–Crippen MR) is 60.7 cm³/mol. The van der Waals surface area contributed by atoms with Crippen LogP contribution in [-0.4, -0.2) is 64.7 Å². The molecule has 1 aliphatic rings. The van der Waals surface area contributed by atoms with Gasteiger partial charge in [0.15, 0.2) is 0 Å². The summed E-state index contributed by atoms with van der Waals surface area (Å²) in [5.74, 6) is -0.942. The van der Waals surface area contributed by atoms with Gasteiger partial charge in [0.25, 0.3) is 5.54 Å². The normalized spacial score (nSPS) is 26.3. The third-order valence-electron chi connectivity index (χ3n) is 2.79. The number of nitrogens with zero attached hydrogens (tertiary/aromatic N) is 2. The van der Waals surface area contributed by atoms with Gasteiger partial charge in [-0.1, -0.05) is 0 Å². The smallest absolute Gasteiger partial charge is 0.412 e. The minimum atomic E-state index is -1.93. The van der Waals surface area contributed by atoms with Crippen LogP contribution in [0.3, 0.4) is 0 Å². The minimum Gasteiger partial charge on any atom is -0.463 e. The van der Waals surface area contributed by atoms with E-state index in [2.05, 4.69) is 0 Å². The number of esters is 1. The SMILES string of the molecule is CCOC(=O)N1[C@H]([C@@H](O)CO)[C@@]1(C#N)C(=O)OCC. The van der Waals surface area contributed by atoms with Crippen LogP contribution in [0.4, 0.5) is 4.79 Å². The Labute approximate surface area is 110 Å². The Balaban J connectivity index is 3.03. The predicted octanol–water partition coefficient (Wildman–Crippen LogP) is -0.994. The molecule has 1 aliphatic heterocycles. The van der Waals surface area contributed by atoms with Crippen molar-refractivity contribution in [2.45, 2.75) is 31.5 Å².